The minimum atomic E-state index is 0.0864. The maximum atomic E-state index is 5.21. The largest absolute Gasteiger partial charge is 0.347 e. The highest BCUT2D eigenvalue weighted by molar-refractivity contribution is 7.71. The van der Waals surface area contributed by atoms with Gasteiger partial charge in [-0.25, -0.2) is 4.98 Å². The molecule has 0 aliphatic rings. The van der Waals surface area contributed by atoms with Gasteiger partial charge >= 0.3 is 0 Å². The van der Waals surface area contributed by atoms with Crippen LogP contribution in [0, 0.1) is 10.1 Å². The van der Waals surface area contributed by atoms with Crippen molar-refractivity contribution in [1.82, 2.24) is 9.97 Å². The van der Waals surface area contributed by atoms with E-state index >= 15 is 0 Å². The Labute approximate surface area is 104 Å². The highest BCUT2D eigenvalue weighted by Crippen LogP contribution is 2.22. The average molecular weight is 238 g/mol. The molecule has 16 heavy (non-hydrogen) atoms. The highest BCUT2D eigenvalue weighted by atomic mass is 32.1. The molecule has 0 aromatic carbocycles. The fourth-order valence-corrected chi connectivity index (χ4v) is 1.73. The van der Waals surface area contributed by atoms with Crippen molar-refractivity contribution >= 4 is 12.2 Å². The van der Waals surface area contributed by atoms with E-state index in [4.69, 9.17) is 12.2 Å². The number of aromatic nitrogens is 2. The zero-order chi connectivity index (χ0) is 12.6. The first-order valence-corrected chi connectivity index (χ1v) is 6.09. The van der Waals surface area contributed by atoms with Gasteiger partial charge in [0.2, 0.25) is 0 Å². The molecular formula is C13H22N2S. The molecule has 0 fully saturated rings. The van der Waals surface area contributed by atoms with Gasteiger partial charge in [0.1, 0.15) is 10.5 Å². The zero-order valence-corrected chi connectivity index (χ0v) is 12.0. The lowest BCUT2D eigenvalue weighted by Gasteiger charge is -2.22. The topological polar surface area (TPSA) is 28.7 Å². The monoisotopic (exact) mass is 238 g/mol. The van der Waals surface area contributed by atoms with E-state index in [0.29, 0.717) is 4.64 Å². The van der Waals surface area contributed by atoms with Gasteiger partial charge in [-0.15, -0.1) is 0 Å². The second kappa shape index (κ2) is 4.28. The number of aromatic amines is 1. The maximum absolute atomic E-state index is 5.21. The summed E-state index contributed by atoms with van der Waals surface area (Å²) in [6.07, 6.45) is 0.917. The molecule has 0 aliphatic heterocycles. The van der Waals surface area contributed by atoms with Crippen molar-refractivity contribution in [3.8, 4) is 0 Å². The summed E-state index contributed by atoms with van der Waals surface area (Å²) in [6.45, 7) is 13.1. The van der Waals surface area contributed by atoms with Gasteiger partial charge in [-0.05, 0) is 11.5 Å². The summed E-state index contributed by atoms with van der Waals surface area (Å²) in [4.78, 5) is 7.80. The smallest absolute Gasteiger partial charge is 0.130 e. The molecule has 0 aliphatic carbocycles. The van der Waals surface area contributed by atoms with Gasteiger partial charge in [-0.1, -0.05) is 53.8 Å². The van der Waals surface area contributed by atoms with Crippen LogP contribution in [0.2, 0.25) is 0 Å². The number of hydrogen-bond acceptors (Lipinski definition) is 2. The minimum Gasteiger partial charge on any atom is -0.347 e. The van der Waals surface area contributed by atoms with Gasteiger partial charge in [-0.3, -0.25) is 0 Å². The lowest BCUT2D eigenvalue weighted by atomic mass is 9.90. The maximum Gasteiger partial charge on any atom is 0.130 e. The van der Waals surface area contributed by atoms with E-state index in [9.17, 15) is 0 Å². The van der Waals surface area contributed by atoms with E-state index in [0.717, 1.165) is 17.9 Å². The highest BCUT2D eigenvalue weighted by Gasteiger charge is 2.18. The predicted molar refractivity (Wildman–Crippen MR) is 71.3 cm³/mol. The van der Waals surface area contributed by atoms with Crippen molar-refractivity contribution < 1.29 is 0 Å². The molecule has 0 atom stereocenters. The van der Waals surface area contributed by atoms with Gasteiger partial charge in [0.05, 0.1) is 0 Å². The molecule has 0 spiro atoms. The van der Waals surface area contributed by atoms with Gasteiger partial charge < -0.3 is 4.98 Å². The summed E-state index contributed by atoms with van der Waals surface area (Å²) in [5.41, 5.74) is 1.47. The summed E-state index contributed by atoms with van der Waals surface area (Å²) in [5.74, 6) is 0.991. The molecule has 1 N–H and O–H groups in total. The Balaban J connectivity index is 3.14. The van der Waals surface area contributed by atoms with Crippen molar-refractivity contribution in [1.29, 1.82) is 0 Å². The van der Waals surface area contributed by atoms with Crippen LogP contribution in [0.4, 0.5) is 0 Å². The number of H-pyrrole nitrogens is 1. The molecule has 2 nitrogen and oxygen atoms in total. The first kappa shape index (κ1) is 13.4. The Morgan fingerprint density at radius 3 is 2.19 bits per heavy atom. The summed E-state index contributed by atoms with van der Waals surface area (Å²) < 4.78 is 0.683. The number of hydrogen-bond donors (Lipinski definition) is 1. The van der Waals surface area contributed by atoms with Crippen LogP contribution in [-0.4, -0.2) is 9.97 Å². The van der Waals surface area contributed by atoms with Crippen molar-refractivity contribution in [2.75, 3.05) is 0 Å². The van der Waals surface area contributed by atoms with E-state index in [2.05, 4.69) is 51.5 Å². The van der Waals surface area contributed by atoms with E-state index in [1.807, 2.05) is 6.07 Å². The average Bonchev–Trinajstić information content (AvgIpc) is 1.97. The molecule has 1 aromatic rings. The third kappa shape index (κ3) is 4.05. The van der Waals surface area contributed by atoms with E-state index in [1.165, 1.54) is 0 Å². The van der Waals surface area contributed by atoms with Gasteiger partial charge in [-0.2, -0.15) is 0 Å². The number of nitrogens with zero attached hydrogens (tertiary/aromatic N) is 1. The van der Waals surface area contributed by atoms with Crippen LogP contribution < -0.4 is 0 Å². The van der Waals surface area contributed by atoms with E-state index in [1.54, 1.807) is 0 Å². The first-order valence-electron chi connectivity index (χ1n) is 5.69. The molecule has 0 saturated carbocycles. The molecule has 0 radical (unpaired) electrons. The lowest BCUT2D eigenvalue weighted by molar-refractivity contribution is 0.398. The molecule has 90 valence electrons. The van der Waals surface area contributed by atoms with E-state index < -0.39 is 0 Å². The van der Waals surface area contributed by atoms with Crippen molar-refractivity contribution in [2.45, 2.75) is 53.4 Å². The number of nitrogens with one attached hydrogen (secondary N) is 1. The van der Waals surface area contributed by atoms with Crippen molar-refractivity contribution in [3.63, 3.8) is 0 Å². The molecule has 0 saturated heterocycles. The van der Waals surface area contributed by atoms with Crippen LogP contribution >= 0.6 is 12.2 Å². The third-order valence-electron chi connectivity index (χ3n) is 2.30. The molecule has 0 unspecified atom stereocenters. The van der Waals surface area contributed by atoms with Gasteiger partial charge in [0, 0.05) is 17.5 Å². The van der Waals surface area contributed by atoms with Crippen LogP contribution in [0.5, 0.6) is 0 Å². The molecule has 1 heterocycles. The van der Waals surface area contributed by atoms with Gasteiger partial charge in [0.15, 0.2) is 0 Å². The summed E-state index contributed by atoms with van der Waals surface area (Å²) >= 11 is 5.21. The molecule has 1 aromatic heterocycles. The Kier molecular flexibility index (Phi) is 3.58. The Morgan fingerprint density at radius 1 is 1.19 bits per heavy atom. The zero-order valence-electron chi connectivity index (χ0n) is 11.1. The predicted octanol–water partition coefficient (Wildman–Crippen LogP) is 4.03. The fourth-order valence-electron chi connectivity index (χ4n) is 1.50. The Hall–Kier alpha value is -0.700. The Morgan fingerprint density at radius 2 is 1.75 bits per heavy atom. The lowest BCUT2D eigenvalue weighted by Crippen LogP contribution is -2.18. The molecule has 3 heteroatoms. The fraction of sp³-hybridized carbons (Fsp3) is 0.692. The van der Waals surface area contributed by atoms with Crippen LogP contribution in [0.3, 0.4) is 0 Å². The third-order valence-corrected chi connectivity index (χ3v) is 2.51. The quantitative estimate of drug-likeness (QED) is 0.748. The standard InChI is InChI=1S/C13H22N2S/c1-12(2,3)8-10-14-9(13(4,5)6)7-11(16)15-10/h7H,8H2,1-6H3,(H,14,15,16). The molecule has 0 bridgehead atoms. The van der Waals surface area contributed by atoms with Crippen LogP contribution in [0.25, 0.3) is 0 Å². The molecular weight excluding hydrogens is 216 g/mol. The summed E-state index contributed by atoms with van der Waals surface area (Å²) in [6, 6.07) is 1.96. The van der Waals surface area contributed by atoms with Crippen LogP contribution in [-0.2, 0) is 11.8 Å². The summed E-state index contributed by atoms with van der Waals surface area (Å²) in [5, 5.41) is 0. The normalized spacial score (nSPS) is 12.9. The minimum absolute atomic E-state index is 0.0864. The second-order valence-corrected chi connectivity index (χ2v) is 6.99. The van der Waals surface area contributed by atoms with E-state index in [-0.39, 0.29) is 10.8 Å². The molecule has 0 amide bonds. The SMILES string of the molecule is CC(C)(C)Cc1nc(=S)cc(C(C)(C)C)[nH]1. The first-order chi connectivity index (χ1) is 7.08. The Bertz CT molecular complexity index is 419. The van der Waals surface area contributed by atoms with Crippen LogP contribution in [0.15, 0.2) is 6.07 Å². The van der Waals surface area contributed by atoms with Crippen molar-refractivity contribution in [3.05, 3.63) is 22.2 Å². The van der Waals surface area contributed by atoms with Gasteiger partial charge in [0.25, 0.3) is 0 Å². The van der Waals surface area contributed by atoms with Crippen LogP contribution in [0.1, 0.15) is 53.1 Å². The molecule has 1 rings (SSSR count). The number of rotatable bonds is 1. The second-order valence-electron chi connectivity index (χ2n) is 6.57. The van der Waals surface area contributed by atoms with Crippen molar-refractivity contribution in [2.24, 2.45) is 5.41 Å². The summed E-state index contributed by atoms with van der Waals surface area (Å²) in [7, 11) is 0.